The molecule has 0 atom stereocenters. The van der Waals surface area contributed by atoms with E-state index in [4.69, 9.17) is 9.97 Å². The van der Waals surface area contributed by atoms with Crippen LogP contribution in [0.3, 0.4) is 0 Å². The minimum atomic E-state index is 0.857. The van der Waals surface area contributed by atoms with Crippen molar-refractivity contribution in [3.05, 3.63) is 217 Å². The fourth-order valence-corrected chi connectivity index (χ4v) is 12.5. The van der Waals surface area contributed by atoms with Gasteiger partial charge < -0.3 is 29.9 Å². The Labute approximate surface area is 432 Å². The number of hydrogen-bond acceptors (Lipinski definition) is 2. The summed E-state index contributed by atoms with van der Waals surface area (Å²) in [7, 11) is 0. The first-order valence-electron chi connectivity index (χ1n) is 25.8. The standard InChI is InChI=1S/C68H42N8/c1-5-13-49-41(9-1)45-21-17-37(33-61(45)69-49)65-53-25-27-55(73-53)66(38-18-22-46-42-10-2-6-14-50(42)70-62(46)34-38)57-29-31-59(75-57)68(40-20-24-48-44-12-4-8-16-52(44)72-64(48)36-40)60-32-30-58(76-60)67(56-28-26-54(65)74-56)39-19-23-47-43-11-3-7-15-51(43)71-63(47)35-39/h1-36,69-73,76H. The zero-order valence-corrected chi connectivity index (χ0v) is 40.7. The van der Waals surface area contributed by atoms with Crippen molar-refractivity contribution in [2.24, 2.45) is 0 Å². The smallest absolute Gasteiger partial charge is 0.0737 e. The summed E-state index contributed by atoms with van der Waals surface area (Å²) in [5, 5.41) is 9.52. The maximum atomic E-state index is 5.68. The minimum absolute atomic E-state index is 0.857. The first kappa shape index (κ1) is 41.1. The number of rotatable bonds is 4. The highest BCUT2D eigenvalue weighted by molar-refractivity contribution is 6.13. The second kappa shape index (κ2) is 15.5. The van der Waals surface area contributed by atoms with Gasteiger partial charge in [0.15, 0.2) is 0 Å². The second-order valence-corrected chi connectivity index (χ2v) is 20.2. The molecule has 2 aliphatic heterocycles. The second-order valence-electron chi connectivity index (χ2n) is 20.2. The van der Waals surface area contributed by atoms with E-state index in [1.165, 1.54) is 43.1 Å². The lowest BCUT2D eigenvalue weighted by Gasteiger charge is -2.08. The van der Waals surface area contributed by atoms with Crippen LogP contribution in [-0.4, -0.2) is 39.9 Å². The quantitative estimate of drug-likeness (QED) is 0.105. The van der Waals surface area contributed by atoms with Crippen LogP contribution in [0.4, 0.5) is 0 Å². The van der Waals surface area contributed by atoms with E-state index in [1.54, 1.807) is 0 Å². The zero-order chi connectivity index (χ0) is 49.6. The van der Waals surface area contributed by atoms with Crippen LogP contribution in [0.25, 0.3) is 178 Å². The van der Waals surface area contributed by atoms with Gasteiger partial charge in [-0.15, -0.1) is 0 Å². The van der Waals surface area contributed by atoms with E-state index >= 15 is 0 Å². The number of hydrogen-bond donors (Lipinski definition) is 6. The lowest BCUT2D eigenvalue weighted by Crippen LogP contribution is -1.90. The molecule has 0 radical (unpaired) electrons. The fraction of sp³-hybridized carbons (Fsp3) is 0. The predicted molar refractivity (Wildman–Crippen MR) is 318 cm³/mol. The average Bonchev–Trinajstić information content (AvgIpc) is 4.39. The highest BCUT2D eigenvalue weighted by atomic mass is 14.8. The number of aromatic nitrogens is 8. The molecule has 8 aromatic carbocycles. The molecule has 6 N–H and O–H groups in total. The number of aromatic amines is 6. The number of fused-ring (bicyclic) bond motifs is 20. The fourth-order valence-electron chi connectivity index (χ4n) is 12.5. The van der Waals surface area contributed by atoms with Crippen LogP contribution in [0.2, 0.25) is 0 Å². The van der Waals surface area contributed by atoms with Gasteiger partial charge in [-0.05, 0) is 119 Å². The number of para-hydroxylation sites is 4. The van der Waals surface area contributed by atoms with E-state index in [9.17, 15) is 0 Å². The Morgan fingerprint density at radius 1 is 0.197 bits per heavy atom. The van der Waals surface area contributed by atoms with Crippen LogP contribution in [-0.2, 0) is 0 Å². The van der Waals surface area contributed by atoms with Gasteiger partial charge in [0.25, 0.3) is 0 Å². The van der Waals surface area contributed by atoms with Gasteiger partial charge in [-0.1, -0.05) is 121 Å². The number of benzene rings is 8. The first-order valence-corrected chi connectivity index (χ1v) is 25.8. The summed E-state index contributed by atoms with van der Waals surface area (Å²) >= 11 is 0. The molecule has 8 heteroatoms. The molecule has 0 amide bonds. The Bertz CT molecular complexity index is 4610. The molecule has 0 unspecified atom stereocenters. The van der Waals surface area contributed by atoms with Gasteiger partial charge in [0.1, 0.15) is 0 Å². The van der Waals surface area contributed by atoms with Gasteiger partial charge >= 0.3 is 0 Å². The highest BCUT2D eigenvalue weighted by Crippen LogP contribution is 2.42. The van der Waals surface area contributed by atoms with E-state index in [2.05, 4.69) is 248 Å². The molecular formula is C68H42N8. The maximum Gasteiger partial charge on any atom is 0.0737 e. The van der Waals surface area contributed by atoms with Crippen molar-refractivity contribution < 1.29 is 0 Å². The van der Waals surface area contributed by atoms with Crippen molar-refractivity contribution in [3.8, 4) is 44.5 Å². The highest BCUT2D eigenvalue weighted by Gasteiger charge is 2.21. The Hall–Kier alpha value is -10.4. The Balaban J connectivity index is 0.997. The van der Waals surface area contributed by atoms with E-state index in [0.29, 0.717) is 0 Å². The van der Waals surface area contributed by atoms with Gasteiger partial charge in [-0.3, -0.25) is 0 Å². The van der Waals surface area contributed by atoms with E-state index in [1.807, 2.05) is 0 Å². The van der Waals surface area contributed by atoms with Gasteiger partial charge in [-0.2, -0.15) is 0 Å². The molecular weight excluding hydrogens is 929 g/mol. The molecule has 0 saturated carbocycles. The van der Waals surface area contributed by atoms with Crippen LogP contribution < -0.4 is 0 Å². The molecule has 354 valence electrons. The van der Waals surface area contributed by atoms with Crippen molar-refractivity contribution in [2.45, 2.75) is 0 Å². The Kier molecular flexibility index (Phi) is 8.40. The lowest BCUT2D eigenvalue weighted by atomic mass is 10.0. The van der Waals surface area contributed by atoms with Crippen molar-refractivity contribution in [1.29, 1.82) is 0 Å². The summed E-state index contributed by atoms with van der Waals surface area (Å²) in [5.74, 6) is 0. The van der Waals surface area contributed by atoms with Crippen LogP contribution in [0.5, 0.6) is 0 Å². The zero-order valence-electron chi connectivity index (χ0n) is 40.7. The number of nitrogens with zero attached hydrogens (tertiary/aromatic N) is 2. The molecule has 7 aromatic heterocycles. The molecule has 0 fully saturated rings. The van der Waals surface area contributed by atoms with Gasteiger partial charge in [0.05, 0.1) is 22.8 Å². The van der Waals surface area contributed by atoms with Crippen molar-refractivity contribution in [3.63, 3.8) is 0 Å². The normalized spacial score (nSPS) is 12.6. The third kappa shape index (κ3) is 6.12. The summed E-state index contributed by atoms with van der Waals surface area (Å²) < 4.78 is 0. The molecule has 17 rings (SSSR count). The third-order valence-corrected chi connectivity index (χ3v) is 15.9. The Morgan fingerprint density at radius 3 is 0.684 bits per heavy atom. The number of nitrogens with one attached hydrogen (secondary N) is 6. The van der Waals surface area contributed by atoms with Crippen LogP contribution in [0, 0.1) is 0 Å². The number of H-pyrrole nitrogens is 6. The molecule has 76 heavy (non-hydrogen) atoms. The van der Waals surface area contributed by atoms with E-state index in [0.717, 1.165) is 133 Å². The molecule has 2 aliphatic rings. The molecule has 15 aromatic rings. The van der Waals surface area contributed by atoms with Crippen LogP contribution >= 0.6 is 0 Å². The SMILES string of the molecule is C1=Cc2nc1c(-c1ccc3c(c1)[nH]c1ccccc13)c1ccc([nH]1)c(-c1ccc3c(c1)[nH]c1ccccc13)c1nc(c(-c3ccc4c(c3)[nH]c3ccccc34)c3ccc([nH]3)c2-c2ccc3c(c2)[nH]c2ccccc23)C=C1. The van der Waals surface area contributed by atoms with Gasteiger partial charge in [-0.25, -0.2) is 9.97 Å². The first-order chi connectivity index (χ1) is 37.6. The van der Waals surface area contributed by atoms with Gasteiger partial charge in [0.2, 0.25) is 0 Å². The summed E-state index contributed by atoms with van der Waals surface area (Å²) in [6, 6.07) is 69.8. The van der Waals surface area contributed by atoms with E-state index < -0.39 is 0 Å². The molecule has 8 bridgehead atoms. The summed E-state index contributed by atoms with van der Waals surface area (Å²) in [4.78, 5) is 34.2. The summed E-state index contributed by atoms with van der Waals surface area (Å²) in [6.45, 7) is 0. The monoisotopic (exact) mass is 970 g/mol. The molecule has 0 aliphatic carbocycles. The average molecular weight is 971 g/mol. The molecule has 0 spiro atoms. The summed E-state index contributed by atoms with van der Waals surface area (Å²) in [5.41, 5.74) is 24.1. The predicted octanol–water partition coefficient (Wildman–Crippen LogP) is 17.9. The van der Waals surface area contributed by atoms with Crippen LogP contribution in [0.15, 0.2) is 194 Å². The van der Waals surface area contributed by atoms with Crippen molar-refractivity contribution >= 4 is 134 Å². The minimum Gasteiger partial charge on any atom is -0.354 e. The molecule has 8 nitrogen and oxygen atoms in total. The molecule has 9 heterocycles. The Morgan fingerprint density at radius 2 is 0.421 bits per heavy atom. The van der Waals surface area contributed by atoms with E-state index in [-0.39, 0.29) is 0 Å². The van der Waals surface area contributed by atoms with Gasteiger partial charge in [0, 0.05) is 132 Å². The maximum absolute atomic E-state index is 5.68. The van der Waals surface area contributed by atoms with Crippen molar-refractivity contribution in [1.82, 2.24) is 39.9 Å². The topological polar surface area (TPSA) is 121 Å². The third-order valence-electron chi connectivity index (χ3n) is 15.9. The van der Waals surface area contributed by atoms with Crippen LogP contribution in [0.1, 0.15) is 22.8 Å². The largest absolute Gasteiger partial charge is 0.354 e. The lowest BCUT2D eigenvalue weighted by molar-refractivity contribution is 1.31. The molecule has 0 saturated heterocycles. The van der Waals surface area contributed by atoms with Crippen molar-refractivity contribution in [2.75, 3.05) is 0 Å². The summed E-state index contributed by atoms with van der Waals surface area (Å²) in [6.07, 6.45) is 8.71.